The summed E-state index contributed by atoms with van der Waals surface area (Å²) in [5, 5.41) is 0. The van der Waals surface area contributed by atoms with E-state index in [1.165, 1.54) is 38.5 Å². The zero-order valence-electron chi connectivity index (χ0n) is 10.7. The molecule has 4 saturated carbocycles. The molecule has 1 radical (unpaired) electrons. The van der Waals surface area contributed by atoms with Crippen molar-refractivity contribution in [2.45, 2.75) is 44.1 Å². The molecule has 95 valence electrons. The predicted molar refractivity (Wildman–Crippen MR) is 70.2 cm³/mol. The van der Waals surface area contributed by atoms with Crippen molar-refractivity contribution >= 4 is 5.69 Å². The van der Waals surface area contributed by atoms with Gasteiger partial charge in [-0.1, -0.05) is 18.2 Å². The van der Waals surface area contributed by atoms with E-state index in [2.05, 4.69) is 5.48 Å². The van der Waals surface area contributed by atoms with Gasteiger partial charge in [0.25, 0.3) is 0 Å². The van der Waals surface area contributed by atoms with Gasteiger partial charge in [0, 0.05) is 0 Å². The molecule has 18 heavy (non-hydrogen) atoms. The van der Waals surface area contributed by atoms with Crippen LogP contribution in [0.1, 0.15) is 38.5 Å². The van der Waals surface area contributed by atoms with Crippen molar-refractivity contribution in [3.63, 3.8) is 0 Å². The van der Waals surface area contributed by atoms with Crippen molar-refractivity contribution in [2.75, 3.05) is 0 Å². The minimum Gasteiger partial charge on any atom is -0.245 e. The maximum Gasteiger partial charge on any atom is 0.0993 e. The van der Waals surface area contributed by atoms with Gasteiger partial charge in [0.05, 0.1) is 11.3 Å². The van der Waals surface area contributed by atoms with Crippen LogP contribution in [0.4, 0.5) is 5.69 Å². The summed E-state index contributed by atoms with van der Waals surface area (Å²) in [6, 6.07) is 10.1. The van der Waals surface area contributed by atoms with Crippen molar-refractivity contribution in [1.82, 2.24) is 5.48 Å². The highest BCUT2D eigenvalue weighted by atomic mass is 16.7. The Morgan fingerprint density at radius 1 is 0.889 bits per heavy atom. The molecule has 1 aromatic carbocycles. The van der Waals surface area contributed by atoms with Crippen molar-refractivity contribution in [3.05, 3.63) is 30.3 Å². The lowest BCUT2D eigenvalue weighted by Crippen LogP contribution is -2.52. The van der Waals surface area contributed by atoms with Gasteiger partial charge in [-0.25, -0.2) is 4.84 Å². The van der Waals surface area contributed by atoms with Crippen LogP contribution in [-0.2, 0) is 4.84 Å². The fourth-order valence-electron chi connectivity index (χ4n) is 4.78. The summed E-state index contributed by atoms with van der Waals surface area (Å²) in [5.41, 5.74) is 5.44. The van der Waals surface area contributed by atoms with Crippen molar-refractivity contribution in [1.29, 1.82) is 0 Å². The van der Waals surface area contributed by atoms with Crippen LogP contribution >= 0.6 is 0 Å². The van der Waals surface area contributed by atoms with Gasteiger partial charge < -0.3 is 0 Å². The van der Waals surface area contributed by atoms with Crippen molar-refractivity contribution in [2.24, 2.45) is 17.8 Å². The van der Waals surface area contributed by atoms with Crippen LogP contribution in [0.2, 0.25) is 0 Å². The highest BCUT2D eigenvalue weighted by Gasteiger charge is 2.52. The number of nitrogens with zero attached hydrogens (tertiary/aromatic N) is 1. The van der Waals surface area contributed by atoms with Gasteiger partial charge >= 0.3 is 0 Å². The zero-order chi connectivity index (χ0) is 12.0. The Labute approximate surface area is 109 Å². The molecule has 0 heterocycles. The fraction of sp³-hybridized carbons (Fsp3) is 0.625. The van der Waals surface area contributed by atoms with Crippen LogP contribution in [0, 0.1) is 17.8 Å². The number of benzene rings is 1. The lowest BCUT2D eigenvalue weighted by atomic mass is 9.54. The second kappa shape index (κ2) is 3.99. The molecule has 4 aliphatic carbocycles. The fourth-order valence-corrected chi connectivity index (χ4v) is 4.78. The standard InChI is InChI=1S/C16H20NO/c1-2-4-15(5-3-1)17-18-16-9-12-6-13(10-16)8-14(7-12)11-16/h1-5,12-14H,6-11H2. The Bertz CT molecular complexity index is 393. The summed E-state index contributed by atoms with van der Waals surface area (Å²) < 4.78 is 0. The van der Waals surface area contributed by atoms with Crippen LogP contribution < -0.4 is 5.48 Å². The first-order valence-corrected chi connectivity index (χ1v) is 7.26. The Morgan fingerprint density at radius 2 is 1.44 bits per heavy atom. The van der Waals surface area contributed by atoms with E-state index in [0.29, 0.717) is 0 Å². The molecule has 0 saturated heterocycles. The molecule has 0 amide bonds. The highest BCUT2D eigenvalue weighted by molar-refractivity contribution is 5.33. The molecule has 0 aliphatic heterocycles. The van der Waals surface area contributed by atoms with E-state index in [9.17, 15) is 0 Å². The molecule has 0 N–H and O–H groups in total. The van der Waals surface area contributed by atoms with E-state index in [1.54, 1.807) is 0 Å². The number of hydrogen-bond donors (Lipinski definition) is 0. The SMILES string of the molecule is c1ccc([N]OC23CC4CC(CC(C4)C2)C3)cc1. The third-order valence-electron chi connectivity index (χ3n) is 5.08. The third-order valence-corrected chi connectivity index (χ3v) is 5.08. The van der Waals surface area contributed by atoms with E-state index in [4.69, 9.17) is 4.84 Å². The maximum absolute atomic E-state index is 6.05. The van der Waals surface area contributed by atoms with E-state index in [-0.39, 0.29) is 5.60 Å². The average molecular weight is 242 g/mol. The summed E-state index contributed by atoms with van der Waals surface area (Å²) in [4.78, 5) is 6.05. The van der Waals surface area contributed by atoms with E-state index in [0.717, 1.165) is 23.4 Å². The van der Waals surface area contributed by atoms with E-state index in [1.807, 2.05) is 30.3 Å². The molecule has 2 heteroatoms. The van der Waals surface area contributed by atoms with Crippen LogP contribution in [0.5, 0.6) is 0 Å². The second-order valence-corrected chi connectivity index (χ2v) is 6.62. The lowest BCUT2D eigenvalue weighted by Gasteiger charge is -2.55. The van der Waals surface area contributed by atoms with E-state index < -0.39 is 0 Å². The quantitative estimate of drug-likeness (QED) is 0.739. The zero-order valence-corrected chi connectivity index (χ0v) is 10.7. The summed E-state index contributed by atoms with van der Waals surface area (Å²) >= 11 is 0. The molecule has 0 unspecified atom stereocenters. The Morgan fingerprint density at radius 3 is 2.00 bits per heavy atom. The summed E-state index contributed by atoms with van der Waals surface area (Å²) in [5.74, 6) is 2.76. The van der Waals surface area contributed by atoms with Gasteiger partial charge in [0.2, 0.25) is 0 Å². The molecule has 5 rings (SSSR count). The van der Waals surface area contributed by atoms with Gasteiger partial charge in [0.15, 0.2) is 0 Å². The van der Waals surface area contributed by atoms with Gasteiger partial charge in [0.1, 0.15) is 0 Å². The van der Waals surface area contributed by atoms with Gasteiger partial charge in [-0.3, -0.25) is 0 Å². The third kappa shape index (κ3) is 1.83. The second-order valence-electron chi connectivity index (χ2n) is 6.62. The summed E-state index contributed by atoms with van der Waals surface area (Å²) in [6.45, 7) is 0. The maximum atomic E-state index is 6.05. The number of hydrogen-bond acceptors (Lipinski definition) is 1. The van der Waals surface area contributed by atoms with Gasteiger partial charge in [-0.05, 0) is 68.4 Å². The predicted octanol–water partition coefficient (Wildman–Crippen LogP) is 3.82. The van der Waals surface area contributed by atoms with Crippen LogP contribution in [0.25, 0.3) is 0 Å². The molecule has 4 aliphatic rings. The van der Waals surface area contributed by atoms with Crippen LogP contribution in [0.3, 0.4) is 0 Å². The highest BCUT2D eigenvalue weighted by Crippen LogP contribution is 2.57. The topological polar surface area (TPSA) is 23.3 Å². The Hall–Kier alpha value is -1.02. The molecule has 1 aromatic rings. The largest absolute Gasteiger partial charge is 0.245 e. The van der Waals surface area contributed by atoms with Crippen LogP contribution in [0.15, 0.2) is 30.3 Å². The first-order chi connectivity index (χ1) is 8.81. The van der Waals surface area contributed by atoms with E-state index >= 15 is 0 Å². The summed E-state index contributed by atoms with van der Waals surface area (Å²) in [7, 11) is 0. The lowest BCUT2D eigenvalue weighted by molar-refractivity contribution is -0.188. The molecule has 0 atom stereocenters. The normalized spacial score (nSPS) is 41.0. The minimum absolute atomic E-state index is 0.0879. The molecule has 2 nitrogen and oxygen atoms in total. The first kappa shape index (κ1) is 10.9. The first-order valence-electron chi connectivity index (χ1n) is 7.26. The molecule has 4 bridgehead atoms. The summed E-state index contributed by atoms with van der Waals surface area (Å²) in [6.07, 6.45) is 8.09. The Balaban J connectivity index is 1.48. The minimum atomic E-state index is 0.0879. The molecule has 0 aromatic heterocycles. The monoisotopic (exact) mass is 242 g/mol. The van der Waals surface area contributed by atoms with Gasteiger partial charge in [-0.2, -0.15) is 0 Å². The van der Waals surface area contributed by atoms with Crippen molar-refractivity contribution in [3.8, 4) is 0 Å². The Kier molecular flexibility index (Phi) is 2.41. The smallest absolute Gasteiger partial charge is 0.0993 e. The molecule has 4 fully saturated rings. The molecular weight excluding hydrogens is 222 g/mol. The van der Waals surface area contributed by atoms with Crippen LogP contribution in [-0.4, -0.2) is 5.60 Å². The van der Waals surface area contributed by atoms with Crippen molar-refractivity contribution < 1.29 is 4.84 Å². The van der Waals surface area contributed by atoms with Gasteiger partial charge in [-0.15, -0.1) is 5.48 Å². The molecular formula is C16H20NO. The number of rotatable bonds is 3. The molecule has 0 spiro atoms. The average Bonchev–Trinajstić information content (AvgIpc) is 2.36.